The van der Waals surface area contributed by atoms with Crippen LogP contribution in [0, 0.1) is 11.3 Å². The number of nitrogens with zero attached hydrogens (tertiary/aromatic N) is 2. The van der Waals surface area contributed by atoms with E-state index in [-0.39, 0.29) is 0 Å². The molecule has 0 amide bonds. The van der Waals surface area contributed by atoms with E-state index in [0.29, 0.717) is 24.3 Å². The third-order valence-corrected chi connectivity index (χ3v) is 6.42. The first kappa shape index (κ1) is 20.5. The van der Waals surface area contributed by atoms with Gasteiger partial charge < -0.3 is 9.47 Å². The first-order valence-electron chi connectivity index (χ1n) is 11.0. The van der Waals surface area contributed by atoms with Gasteiger partial charge in [-0.3, -0.25) is 4.90 Å². The maximum Gasteiger partial charge on any atom is 0.121 e. The molecule has 4 nitrogen and oxygen atoms in total. The summed E-state index contributed by atoms with van der Waals surface area (Å²) >= 11 is 0. The van der Waals surface area contributed by atoms with Gasteiger partial charge in [-0.25, -0.2) is 0 Å². The Labute approximate surface area is 179 Å². The van der Waals surface area contributed by atoms with Gasteiger partial charge in [0.05, 0.1) is 18.7 Å². The molecular weight excluding hydrogens is 372 g/mol. The van der Waals surface area contributed by atoms with Gasteiger partial charge in [-0.05, 0) is 85.7 Å². The van der Waals surface area contributed by atoms with Crippen LogP contribution in [0.4, 0.5) is 0 Å². The SMILES string of the molecule is CCCN1[C@@H]2CC[C@H]1CC(c1ccc(OC)cc1)=C(COc1cccc(C#N)c1)C2. The van der Waals surface area contributed by atoms with Crippen molar-refractivity contribution in [3.05, 3.63) is 65.2 Å². The summed E-state index contributed by atoms with van der Waals surface area (Å²) in [5.74, 6) is 1.64. The van der Waals surface area contributed by atoms with E-state index >= 15 is 0 Å². The highest BCUT2D eigenvalue weighted by Gasteiger charge is 2.37. The highest BCUT2D eigenvalue weighted by atomic mass is 16.5. The van der Waals surface area contributed by atoms with Gasteiger partial charge in [-0.2, -0.15) is 5.26 Å². The lowest BCUT2D eigenvalue weighted by molar-refractivity contribution is 0.196. The second-order valence-electron chi connectivity index (χ2n) is 8.27. The van der Waals surface area contributed by atoms with Gasteiger partial charge in [-0.15, -0.1) is 0 Å². The lowest BCUT2D eigenvalue weighted by Gasteiger charge is -2.27. The van der Waals surface area contributed by atoms with Crippen molar-refractivity contribution in [1.82, 2.24) is 4.90 Å². The molecule has 4 rings (SSSR count). The first-order chi connectivity index (χ1) is 14.7. The molecule has 1 saturated heterocycles. The van der Waals surface area contributed by atoms with Crippen molar-refractivity contribution in [2.45, 2.75) is 51.1 Å². The molecule has 0 radical (unpaired) electrons. The van der Waals surface area contributed by atoms with E-state index in [0.717, 1.165) is 24.3 Å². The number of ether oxygens (including phenoxy) is 2. The van der Waals surface area contributed by atoms with Crippen molar-refractivity contribution < 1.29 is 9.47 Å². The normalized spacial score (nSPS) is 21.2. The summed E-state index contributed by atoms with van der Waals surface area (Å²) in [6, 6.07) is 19.3. The summed E-state index contributed by atoms with van der Waals surface area (Å²) < 4.78 is 11.5. The van der Waals surface area contributed by atoms with E-state index in [9.17, 15) is 5.26 Å². The molecule has 2 heterocycles. The van der Waals surface area contributed by atoms with E-state index < -0.39 is 0 Å². The maximum atomic E-state index is 9.17. The van der Waals surface area contributed by atoms with Crippen LogP contribution in [0.2, 0.25) is 0 Å². The summed E-state index contributed by atoms with van der Waals surface area (Å²) in [7, 11) is 1.70. The molecule has 0 aromatic heterocycles. The minimum absolute atomic E-state index is 0.569. The largest absolute Gasteiger partial charge is 0.497 e. The summed E-state index contributed by atoms with van der Waals surface area (Å²) in [5, 5.41) is 9.17. The zero-order valence-corrected chi connectivity index (χ0v) is 17.9. The number of nitriles is 1. The molecule has 2 aliphatic rings. The van der Waals surface area contributed by atoms with E-state index in [1.54, 1.807) is 7.11 Å². The van der Waals surface area contributed by atoms with Crippen LogP contribution in [-0.2, 0) is 0 Å². The van der Waals surface area contributed by atoms with Crippen molar-refractivity contribution in [1.29, 1.82) is 5.26 Å². The summed E-state index contributed by atoms with van der Waals surface area (Å²) in [6.07, 6.45) is 5.86. The Balaban J connectivity index is 1.64. The lowest BCUT2D eigenvalue weighted by Crippen LogP contribution is -2.35. The Morgan fingerprint density at radius 1 is 1.03 bits per heavy atom. The molecule has 2 atom stereocenters. The average molecular weight is 403 g/mol. The standard InChI is InChI=1S/C26H30N2O2/c1-3-13-28-22-9-10-23(28)16-26(20-7-11-24(29-2)12-8-20)21(15-22)18-30-25-6-4-5-19(14-25)17-27/h4-8,11-12,14,22-23H,3,9-10,13,15-16,18H2,1-2H3/t22-,23+/m1/s1. The van der Waals surface area contributed by atoms with E-state index in [1.165, 1.54) is 42.5 Å². The minimum atomic E-state index is 0.569. The molecule has 30 heavy (non-hydrogen) atoms. The zero-order chi connectivity index (χ0) is 20.9. The topological polar surface area (TPSA) is 45.5 Å². The van der Waals surface area contributed by atoms with Crippen LogP contribution in [0.3, 0.4) is 0 Å². The van der Waals surface area contributed by atoms with Gasteiger partial charge in [0, 0.05) is 12.1 Å². The fourth-order valence-electron chi connectivity index (χ4n) is 4.95. The third kappa shape index (κ3) is 4.37. The third-order valence-electron chi connectivity index (χ3n) is 6.42. The molecule has 1 fully saturated rings. The molecular formula is C26H30N2O2. The zero-order valence-electron chi connectivity index (χ0n) is 17.9. The van der Waals surface area contributed by atoms with Gasteiger partial charge in [0.1, 0.15) is 18.1 Å². The predicted octanol–water partition coefficient (Wildman–Crippen LogP) is 5.44. The van der Waals surface area contributed by atoms with E-state index in [4.69, 9.17) is 9.47 Å². The van der Waals surface area contributed by atoms with Crippen LogP contribution in [0.1, 0.15) is 50.2 Å². The molecule has 2 aromatic rings. The fraction of sp³-hybridized carbons (Fsp3) is 0.423. The molecule has 156 valence electrons. The molecule has 0 unspecified atom stereocenters. The molecule has 4 heteroatoms. The highest BCUT2D eigenvalue weighted by Crippen LogP contribution is 2.41. The number of hydrogen-bond donors (Lipinski definition) is 0. The van der Waals surface area contributed by atoms with Crippen LogP contribution in [0.15, 0.2) is 54.1 Å². The minimum Gasteiger partial charge on any atom is -0.497 e. The van der Waals surface area contributed by atoms with E-state index in [1.807, 2.05) is 36.4 Å². The Hall–Kier alpha value is -2.77. The first-order valence-corrected chi connectivity index (χ1v) is 11.0. The highest BCUT2D eigenvalue weighted by molar-refractivity contribution is 5.70. The van der Waals surface area contributed by atoms with Crippen molar-refractivity contribution in [3.63, 3.8) is 0 Å². The summed E-state index contributed by atoms with van der Waals surface area (Å²) in [5.41, 5.74) is 4.70. The van der Waals surface area contributed by atoms with Crippen molar-refractivity contribution in [2.75, 3.05) is 20.3 Å². The second-order valence-corrected chi connectivity index (χ2v) is 8.27. The maximum absolute atomic E-state index is 9.17. The fourth-order valence-corrected chi connectivity index (χ4v) is 4.95. The Kier molecular flexibility index (Phi) is 6.40. The molecule has 0 spiro atoms. The molecule has 0 aliphatic carbocycles. The molecule has 2 aliphatic heterocycles. The second kappa shape index (κ2) is 9.36. The summed E-state index contributed by atoms with van der Waals surface area (Å²) in [6.45, 7) is 4.01. The van der Waals surface area contributed by atoms with Gasteiger partial charge >= 0.3 is 0 Å². The predicted molar refractivity (Wildman–Crippen MR) is 120 cm³/mol. The number of hydrogen-bond acceptors (Lipinski definition) is 4. The molecule has 0 saturated carbocycles. The van der Waals surface area contributed by atoms with Crippen LogP contribution in [0.25, 0.3) is 5.57 Å². The van der Waals surface area contributed by atoms with Crippen molar-refractivity contribution in [3.8, 4) is 17.6 Å². The van der Waals surface area contributed by atoms with Gasteiger partial charge in [0.25, 0.3) is 0 Å². The van der Waals surface area contributed by atoms with Crippen molar-refractivity contribution in [2.24, 2.45) is 0 Å². The monoisotopic (exact) mass is 402 g/mol. The van der Waals surface area contributed by atoms with Gasteiger partial charge in [0.2, 0.25) is 0 Å². The smallest absolute Gasteiger partial charge is 0.121 e. The average Bonchev–Trinajstić information content (AvgIpc) is 3.08. The van der Waals surface area contributed by atoms with Gasteiger partial charge in [0.15, 0.2) is 0 Å². The Bertz CT molecular complexity index is 942. The van der Waals surface area contributed by atoms with Crippen molar-refractivity contribution >= 4 is 5.57 Å². The van der Waals surface area contributed by atoms with E-state index in [2.05, 4.69) is 30.0 Å². The number of methoxy groups -OCH3 is 1. The molecule has 0 N–H and O–H groups in total. The number of fused-ring (bicyclic) bond motifs is 2. The molecule has 2 aromatic carbocycles. The quantitative estimate of drug-likeness (QED) is 0.619. The Morgan fingerprint density at radius 3 is 2.50 bits per heavy atom. The number of benzene rings is 2. The van der Waals surface area contributed by atoms with Crippen LogP contribution >= 0.6 is 0 Å². The summed E-state index contributed by atoms with van der Waals surface area (Å²) in [4.78, 5) is 2.73. The Morgan fingerprint density at radius 2 is 1.80 bits per heavy atom. The number of rotatable bonds is 7. The van der Waals surface area contributed by atoms with Crippen LogP contribution < -0.4 is 9.47 Å². The van der Waals surface area contributed by atoms with Crippen LogP contribution in [0.5, 0.6) is 11.5 Å². The van der Waals surface area contributed by atoms with Gasteiger partial charge in [-0.1, -0.05) is 25.1 Å². The lowest BCUT2D eigenvalue weighted by atomic mass is 9.89. The molecule has 2 bridgehead atoms. The van der Waals surface area contributed by atoms with Crippen LogP contribution in [-0.4, -0.2) is 37.2 Å².